The Labute approximate surface area is 267 Å². The van der Waals surface area contributed by atoms with Crippen molar-refractivity contribution < 1.29 is 64.0 Å². The summed E-state index contributed by atoms with van der Waals surface area (Å²) in [6.45, 7) is 0.900. The molecule has 0 spiro atoms. The molecule has 0 aliphatic carbocycles. The first-order valence-electron chi connectivity index (χ1n) is 14.3. The largest absolute Gasteiger partial charge is 0.488 e. The third-order valence-electron chi connectivity index (χ3n) is 7.68. The lowest BCUT2D eigenvalue weighted by atomic mass is 9.80. The van der Waals surface area contributed by atoms with Crippen LogP contribution in [0.5, 0.6) is 5.75 Å². The number of aliphatic hydroxyl groups excluding tert-OH is 1. The number of aromatic nitrogens is 2. The minimum absolute atomic E-state index is 0.0113. The fourth-order valence-electron chi connectivity index (χ4n) is 5.36. The molecule has 1 aliphatic rings. The molecule has 0 saturated carbocycles. The molecule has 0 saturated heterocycles. The topological polar surface area (TPSA) is 131 Å². The van der Waals surface area contributed by atoms with Gasteiger partial charge in [0.1, 0.15) is 18.1 Å². The highest BCUT2D eigenvalue weighted by Crippen LogP contribution is 2.47. The third kappa shape index (κ3) is 8.10. The number of hydrogen-bond donors (Lipinski definition) is 3. The van der Waals surface area contributed by atoms with E-state index in [4.69, 9.17) is 20.3 Å². The molecule has 18 heteroatoms. The lowest BCUT2D eigenvalue weighted by Gasteiger charge is -2.46. The van der Waals surface area contributed by atoms with Crippen molar-refractivity contribution in [1.82, 2.24) is 9.97 Å². The van der Waals surface area contributed by atoms with Gasteiger partial charge in [-0.2, -0.15) is 39.5 Å². The molecule has 2 atom stereocenters. The van der Waals surface area contributed by atoms with Crippen LogP contribution in [0.3, 0.4) is 0 Å². The number of hydrogen-bond acceptors (Lipinski definition) is 7. The first-order chi connectivity index (χ1) is 22.3. The van der Waals surface area contributed by atoms with Crippen LogP contribution >= 0.6 is 0 Å². The second kappa shape index (κ2) is 13.8. The van der Waals surface area contributed by atoms with Crippen LogP contribution in [0.2, 0.25) is 0 Å². The van der Waals surface area contributed by atoms with Crippen molar-refractivity contribution in [2.45, 2.75) is 56.3 Å². The number of halogens is 9. The van der Waals surface area contributed by atoms with Gasteiger partial charge in [0.2, 0.25) is 0 Å². The predicted molar refractivity (Wildman–Crippen MR) is 150 cm³/mol. The van der Waals surface area contributed by atoms with E-state index < -0.39 is 64.9 Å². The number of nitrogens with zero attached hydrogens (tertiary/aromatic N) is 3. The van der Waals surface area contributed by atoms with Crippen LogP contribution in [-0.4, -0.2) is 58.4 Å². The average Bonchev–Trinajstić information content (AvgIpc) is 2.99. The highest BCUT2D eigenvalue weighted by Gasteiger charge is 2.47. The standard InChI is InChI=1S/C30H29F9N4O5/c1-2-27(40)14-21(20-13-17(28(31,32)33)3-4-23(20)43(27)26(45)46)25-41-15-24(48-8-7-47-6-5-44)22(42-25)11-16-9-18(29(34,35)36)12-19(10-16)30(37,38)39/h3-4,9-10,12-13,15,21,44H,2,5-8,11,14,40H2,1H3,(H,45,46)/t21-,27+/m0/s1. The van der Waals surface area contributed by atoms with E-state index in [1.807, 2.05) is 0 Å². The molecular weight excluding hydrogens is 667 g/mol. The minimum Gasteiger partial charge on any atom is -0.488 e. The van der Waals surface area contributed by atoms with Crippen molar-refractivity contribution in [1.29, 1.82) is 0 Å². The van der Waals surface area contributed by atoms with E-state index in [0.717, 1.165) is 23.2 Å². The lowest BCUT2D eigenvalue weighted by Crippen LogP contribution is -2.61. The second-order valence-corrected chi connectivity index (χ2v) is 10.9. The van der Waals surface area contributed by atoms with Gasteiger partial charge in [-0.1, -0.05) is 6.92 Å². The van der Waals surface area contributed by atoms with E-state index in [-0.39, 0.29) is 73.9 Å². The SMILES string of the molecule is CC[C@]1(N)C[C@H](c2ncc(OCCOCCO)c(Cc3cc(C(F)(F)F)cc(C(F)(F)F)c3)n2)c2cc(C(F)(F)F)ccc2N1C(=O)O. The quantitative estimate of drug-likeness (QED) is 0.160. The Hall–Kier alpha value is -4.16. The summed E-state index contributed by atoms with van der Waals surface area (Å²) in [5.74, 6) is -1.61. The molecule has 0 radical (unpaired) electrons. The average molecular weight is 697 g/mol. The van der Waals surface area contributed by atoms with E-state index >= 15 is 0 Å². The summed E-state index contributed by atoms with van der Waals surface area (Å²) in [6.07, 6.45) is -16.6. The van der Waals surface area contributed by atoms with Crippen LogP contribution in [0.4, 0.5) is 50.0 Å². The number of anilines is 1. The number of carbonyl (C=O) groups is 1. The molecule has 48 heavy (non-hydrogen) atoms. The number of fused-ring (bicyclic) bond motifs is 1. The van der Waals surface area contributed by atoms with E-state index in [2.05, 4.69) is 9.97 Å². The number of rotatable bonds is 10. The Balaban J connectivity index is 1.88. The van der Waals surface area contributed by atoms with Gasteiger partial charge in [0.15, 0.2) is 5.75 Å². The van der Waals surface area contributed by atoms with Crippen molar-refractivity contribution in [3.05, 3.63) is 81.9 Å². The molecule has 0 unspecified atom stereocenters. The number of ether oxygens (including phenoxy) is 2. The fourth-order valence-corrected chi connectivity index (χ4v) is 5.36. The number of carboxylic acid groups (broad SMARTS) is 1. The Morgan fingerprint density at radius 1 is 0.958 bits per heavy atom. The predicted octanol–water partition coefficient (Wildman–Crippen LogP) is 6.60. The Morgan fingerprint density at radius 2 is 1.58 bits per heavy atom. The Morgan fingerprint density at radius 3 is 2.12 bits per heavy atom. The van der Waals surface area contributed by atoms with Gasteiger partial charge < -0.3 is 25.4 Å². The lowest BCUT2D eigenvalue weighted by molar-refractivity contribution is -0.143. The molecule has 1 aliphatic heterocycles. The summed E-state index contributed by atoms with van der Waals surface area (Å²) in [7, 11) is 0. The maximum absolute atomic E-state index is 13.8. The Kier molecular flexibility index (Phi) is 10.5. The summed E-state index contributed by atoms with van der Waals surface area (Å²) in [5.41, 5.74) is -0.508. The number of amides is 1. The van der Waals surface area contributed by atoms with E-state index in [0.29, 0.717) is 18.2 Å². The molecule has 1 amide bonds. The summed E-state index contributed by atoms with van der Waals surface area (Å²) in [5, 5.41) is 18.9. The normalized spacial score (nSPS) is 18.5. The smallest absolute Gasteiger partial charge is 0.416 e. The molecule has 9 nitrogen and oxygen atoms in total. The molecule has 1 aromatic heterocycles. The van der Waals surface area contributed by atoms with Crippen LogP contribution in [0.1, 0.15) is 65.0 Å². The molecule has 0 bridgehead atoms. The van der Waals surface area contributed by atoms with Gasteiger partial charge in [-0.15, -0.1) is 0 Å². The van der Waals surface area contributed by atoms with Crippen LogP contribution < -0.4 is 15.4 Å². The van der Waals surface area contributed by atoms with Crippen LogP contribution in [0, 0.1) is 0 Å². The van der Waals surface area contributed by atoms with Gasteiger partial charge in [-0.25, -0.2) is 14.8 Å². The van der Waals surface area contributed by atoms with Gasteiger partial charge in [-0.05, 0) is 60.4 Å². The van der Waals surface area contributed by atoms with Gasteiger partial charge in [0.05, 0.1) is 54.1 Å². The van der Waals surface area contributed by atoms with Gasteiger partial charge in [0.25, 0.3) is 0 Å². The molecule has 2 heterocycles. The van der Waals surface area contributed by atoms with Gasteiger partial charge in [-0.3, -0.25) is 4.90 Å². The number of aliphatic hydroxyl groups is 1. The van der Waals surface area contributed by atoms with Crippen molar-refractivity contribution in [3.63, 3.8) is 0 Å². The summed E-state index contributed by atoms with van der Waals surface area (Å²) >= 11 is 0. The van der Waals surface area contributed by atoms with Crippen LogP contribution in [-0.2, 0) is 29.7 Å². The zero-order chi connectivity index (χ0) is 35.7. The van der Waals surface area contributed by atoms with E-state index in [1.165, 1.54) is 0 Å². The first kappa shape index (κ1) is 36.7. The monoisotopic (exact) mass is 696 g/mol. The second-order valence-electron chi connectivity index (χ2n) is 10.9. The number of benzene rings is 2. The first-order valence-corrected chi connectivity index (χ1v) is 14.3. The van der Waals surface area contributed by atoms with Crippen molar-refractivity contribution in [2.24, 2.45) is 5.73 Å². The molecule has 3 aromatic rings. The highest BCUT2D eigenvalue weighted by atomic mass is 19.4. The maximum Gasteiger partial charge on any atom is 0.416 e. The zero-order valence-corrected chi connectivity index (χ0v) is 25.0. The van der Waals surface area contributed by atoms with Gasteiger partial charge >= 0.3 is 24.6 Å². The minimum atomic E-state index is -5.14. The van der Waals surface area contributed by atoms with Crippen molar-refractivity contribution in [3.8, 4) is 5.75 Å². The maximum atomic E-state index is 13.8. The van der Waals surface area contributed by atoms with E-state index in [9.17, 15) is 49.4 Å². The van der Waals surface area contributed by atoms with Crippen LogP contribution in [0.15, 0.2) is 42.6 Å². The molecule has 4 rings (SSSR count). The van der Waals surface area contributed by atoms with Crippen molar-refractivity contribution in [2.75, 3.05) is 31.3 Å². The number of nitrogens with two attached hydrogens (primary N) is 1. The Bertz CT molecular complexity index is 1600. The molecule has 262 valence electrons. The van der Waals surface area contributed by atoms with Crippen LogP contribution in [0.25, 0.3) is 0 Å². The highest BCUT2D eigenvalue weighted by molar-refractivity contribution is 5.90. The zero-order valence-electron chi connectivity index (χ0n) is 25.0. The summed E-state index contributed by atoms with van der Waals surface area (Å²) in [6, 6.07) is 3.32. The third-order valence-corrected chi connectivity index (χ3v) is 7.68. The van der Waals surface area contributed by atoms with E-state index in [1.54, 1.807) is 6.92 Å². The molecule has 2 aromatic carbocycles. The molecule has 0 fully saturated rings. The summed E-state index contributed by atoms with van der Waals surface area (Å²) < 4.78 is 134. The van der Waals surface area contributed by atoms with Gasteiger partial charge in [0, 0.05) is 12.3 Å². The molecular formula is C30H29F9N4O5. The fraction of sp³-hybridized carbons (Fsp3) is 0.433. The van der Waals surface area contributed by atoms with Crippen molar-refractivity contribution >= 4 is 11.8 Å². The number of alkyl halides is 9. The summed E-state index contributed by atoms with van der Waals surface area (Å²) in [4.78, 5) is 21.6. The molecule has 4 N–H and O–H groups in total.